The van der Waals surface area contributed by atoms with E-state index in [2.05, 4.69) is 10.2 Å². The lowest BCUT2D eigenvalue weighted by Crippen LogP contribution is -2.44. The minimum atomic E-state index is -0.145. The maximum atomic E-state index is 12.2. The number of furan rings is 1. The van der Waals surface area contributed by atoms with Crippen LogP contribution >= 0.6 is 12.4 Å². The van der Waals surface area contributed by atoms with Crippen molar-refractivity contribution in [2.75, 3.05) is 39.5 Å². The highest BCUT2D eigenvalue weighted by atomic mass is 35.5. The van der Waals surface area contributed by atoms with Gasteiger partial charge in [-0.2, -0.15) is 0 Å². The fraction of sp³-hybridized carbons (Fsp3) is 0.421. The number of amides is 1. The standard InChI is InChI=1S/C19H24N2O4.ClH/c1-15-5-2-3-6-17(15)25-14-19(22)20-13-16(18-7-4-10-24-18)21-8-11-23-12-9-21;/h2-7,10,16H,8-9,11-14H2,1H3,(H,20,22);1H. The lowest BCUT2D eigenvalue weighted by Gasteiger charge is -2.33. The molecule has 1 saturated heterocycles. The summed E-state index contributed by atoms with van der Waals surface area (Å²) >= 11 is 0. The molecule has 1 aromatic heterocycles. The Hall–Kier alpha value is -2.02. The van der Waals surface area contributed by atoms with Crippen molar-refractivity contribution in [2.45, 2.75) is 13.0 Å². The number of para-hydroxylation sites is 1. The fourth-order valence-corrected chi connectivity index (χ4v) is 2.90. The number of benzene rings is 1. The minimum Gasteiger partial charge on any atom is -0.484 e. The quantitative estimate of drug-likeness (QED) is 0.799. The Bertz CT molecular complexity index is 672. The summed E-state index contributed by atoms with van der Waals surface area (Å²) in [6, 6.07) is 11.5. The molecule has 0 radical (unpaired) electrons. The molecule has 1 amide bonds. The van der Waals surface area contributed by atoms with Crippen LogP contribution in [0.25, 0.3) is 0 Å². The van der Waals surface area contributed by atoms with Gasteiger partial charge in [0.2, 0.25) is 0 Å². The number of ether oxygens (including phenoxy) is 2. The minimum absolute atomic E-state index is 0. The number of nitrogens with one attached hydrogen (secondary N) is 1. The van der Waals surface area contributed by atoms with Crippen molar-refractivity contribution in [3.05, 3.63) is 54.0 Å². The number of halogens is 1. The molecule has 1 aliphatic rings. The normalized spacial score (nSPS) is 15.7. The third-order valence-corrected chi connectivity index (χ3v) is 4.30. The molecule has 142 valence electrons. The third kappa shape index (κ3) is 5.49. The monoisotopic (exact) mass is 380 g/mol. The fourth-order valence-electron chi connectivity index (χ4n) is 2.90. The van der Waals surface area contributed by atoms with Crippen LogP contribution in [0.4, 0.5) is 0 Å². The summed E-state index contributed by atoms with van der Waals surface area (Å²) < 4.78 is 16.6. The molecule has 1 fully saturated rings. The van der Waals surface area contributed by atoms with Crippen LogP contribution in [0, 0.1) is 6.92 Å². The molecule has 0 spiro atoms. The maximum absolute atomic E-state index is 12.2. The summed E-state index contributed by atoms with van der Waals surface area (Å²) in [4.78, 5) is 14.4. The Labute approximate surface area is 159 Å². The molecule has 0 bridgehead atoms. The van der Waals surface area contributed by atoms with Crippen LogP contribution in [0.15, 0.2) is 47.1 Å². The largest absolute Gasteiger partial charge is 0.484 e. The van der Waals surface area contributed by atoms with E-state index >= 15 is 0 Å². The van der Waals surface area contributed by atoms with E-state index in [-0.39, 0.29) is 31.0 Å². The van der Waals surface area contributed by atoms with Gasteiger partial charge >= 0.3 is 0 Å². The summed E-state index contributed by atoms with van der Waals surface area (Å²) in [7, 11) is 0. The molecule has 26 heavy (non-hydrogen) atoms. The van der Waals surface area contributed by atoms with E-state index < -0.39 is 0 Å². The van der Waals surface area contributed by atoms with Gasteiger partial charge in [-0.3, -0.25) is 9.69 Å². The third-order valence-electron chi connectivity index (χ3n) is 4.30. The second-order valence-corrected chi connectivity index (χ2v) is 6.04. The van der Waals surface area contributed by atoms with E-state index in [4.69, 9.17) is 13.9 Å². The summed E-state index contributed by atoms with van der Waals surface area (Å²) in [5.41, 5.74) is 1.01. The van der Waals surface area contributed by atoms with Crippen molar-refractivity contribution in [3.63, 3.8) is 0 Å². The number of morpholine rings is 1. The Morgan fingerprint density at radius 3 is 2.69 bits per heavy atom. The molecule has 1 aromatic carbocycles. The lowest BCUT2D eigenvalue weighted by atomic mass is 10.1. The Balaban J connectivity index is 0.00000243. The molecule has 0 aliphatic carbocycles. The number of hydrogen-bond acceptors (Lipinski definition) is 5. The van der Waals surface area contributed by atoms with Crippen LogP contribution in [-0.4, -0.2) is 50.3 Å². The molecular weight excluding hydrogens is 356 g/mol. The molecule has 6 nitrogen and oxygen atoms in total. The number of hydrogen-bond donors (Lipinski definition) is 1. The predicted octanol–water partition coefficient (Wildman–Crippen LogP) is 2.58. The lowest BCUT2D eigenvalue weighted by molar-refractivity contribution is -0.123. The first-order valence-electron chi connectivity index (χ1n) is 8.54. The zero-order valence-electron chi connectivity index (χ0n) is 14.8. The van der Waals surface area contributed by atoms with Crippen LogP contribution in [0.5, 0.6) is 5.75 Å². The van der Waals surface area contributed by atoms with Gasteiger partial charge in [-0.1, -0.05) is 18.2 Å². The van der Waals surface area contributed by atoms with Crippen LogP contribution in [0.1, 0.15) is 17.4 Å². The van der Waals surface area contributed by atoms with Gasteiger partial charge < -0.3 is 19.2 Å². The van der Waals surface area contributed by atoms with E-state index in [1.807, 2.05) is 43.3 Å². The van der Waals surface area contributed by atoms with E-state index in [1.165, 1.54) is 0 Å². The SMILES string of the molecule is Cc1ccccc1OCC(=O)NCC(c1ccco1)N1CCOCC1.Cl. The predicted molar refractivity (Wildman–Crippen MR) is 101 cm³/mol. The molecule has 1 atom stereocenters. The first kappa shape index (κ1) is 20.3. The maximum Gasteiger partial charge on any atom is 0.258 e. The number of rotatable bonds is 7. The Morgan fingerprint density at radius 2 is 2.00 bits per heavy atom. The van der Waals surface area contributed by atoms with Crippen LogP contribution in [0.2, 0.25) is 0 Å². The van der Waals surface area contributed by atoms with E-state index in [9.17, 15) is 4.79 Å². The highest BCUT2D eigenvalue weighted by molar-refractivity contribution is 5.85. The van der Waals surface area contributed by atoms with E-state index in [0.29, 0.717) is 19.8 Å². The number of nitrogens with zero attached hydrogens (tertiary/aromatic N) is 1. The zero-order valence-corrected chi connectivity index (χ0v) is 15.7. The summed E-state index contributed by atoms with van der Waals surface area (Å²) in [5, 5.41) is 2.95. The molecular formula is C19H25ClN2O4. The van der Waals surface area contributed by atoms with Gasteiger partial charge in [-0.05, 0) is 30.7 Å². The summed E-state index contributed by atoms with van der Waals surface area (Å²) in [5.74, 6) is 1.43. The molecule has 1 N–H and O–H groups in total. The van der Waals surface area contributed by atoms with Gasteiger partial charge in [0.25, 0.3) is 5.91 Å². The molecule has 1 unspecified atom stereocenters. The molecule has 0 saturated carbocycles. The topological polar surface area (TPSA) is 63.9 Å². The number of aryl methyl sites for hydroxylation is 1. The first-order valence-corrected chi connectivity index (χ1v) is 8.54. The van der Waals surface area contributed by atoms with Crippen molar-refractivity contribution in [1.29, 1.82) is 0 Å². The number of carbonyl (C=O) groups is 1. The number of carbonyl (C=O) groups excluding carboxylic acids is 1. The average molecular weight is 381 g/mol. The van der Waals surface area contributed by atoms with Gasteiger partial charge in [0.05, 0.1) is 25.5 Å². The van der Waals surface area contributed by atoms with Gasteiger partial charge in [0.1, 0.15) is 11.5 Å². The van der Waals surface area contributed by atoms with E-state index in [0.717, 1.165) is 30.2 Å². The van der Waals surface area contributed by atoms with Gasteiger partial charge in [-0.15, -0.1) is 12.4 Å². The second-order valence-electron chi connectivity index (χ2n) is 6.04. The van der Waals surface area contributed by atoms with Crippen molar-refractivity contribution >= 4 is 18.3 Å². The van der Waals surface area contributed by atoms with Crippen molar-refractivity contribution in [3.8, 4) is 5.75 Å². The van der Waals surface area contributed by atoms with Gasteiger partial charge in [-0.25, -0.2) is 0 Å². The van der Waals surface area contributed by atoms with Crippen molar-refractivity contribution in [1.82, 2.24) is 10.2 Å². The van der Waals surface area contributed by atoms with E-state index in [1.54, 1.807) is 6.26 Å². The summed E-state index contributed by atoms with van der Waals surface area (Å²) in [6.07, 6.45) is 1.66. The average Bonchev–Trinajstić information content (AvgIpc) is 3.16. The highest BCUT2D eigenvalue weighted by Crippen LogP contribution is 2.21. The van der Waals surface area contributed by atoms with Gasteiger partial charge in [0.15, 0.2) is 6.61 Å². The molecule has 2 aromatic rings. The molecule has 2 heterocycles. The zero-order chi connectivity index (χ0) is 17.5. The first-order chi connectivity index (χ1) is 12.2. The van der Waals surface area contributed by atoms with Gasteiger partial charge in [0, 0.05) is 19.6 Å². The van der Waals surface area contributed by atoms with Crippen molar-refractivity contribution < 1.29 is 18.7 Å². The van der Waals surface area contributed by atoms with Crippen molar-refractivity contribution in [2.24, 2.45) is 0 Å². The second kappa shape index (κ2) is 10.2. The Morgan fingerprint density at radius 1 is 1.23 bits per heavy atom. The highest BCUT2D eigenvalue weighted by Gasteiger charge is 2.25. The Kier molecular flexibility index (Phi) is 7.97. The smallest absolute Gasteiger partial charge is 0.258 e. The summed E-state index contributed by atoms with van der Waals surface area (Å²) in [6.45, 7) is 5.46. The molecule has 3 rings (SSSR count). The molecule has 7 heteroatoms. The van der Waals surface area contributed by atoms with Crippen LogP contribution in [-0.2, 0) is 9.53 Å². The van der Waals surface area contributed by atoms with Crippen LogP contribution < -0.4 is 10.1 Å². The molecule has 1 aliphatic heterocycles. The van der Waals surface area contributed by atoms with Crippen LogP contribution in [0.3, 0.4) is 0 Å².